The van der Waals surface area contributed by atoms with Crippen molar-refractivity contribution in [3.05, 3.63) is 30.3 Å². The Bertz CT molecular complexity index is 337. The number of hydrogen-bond acceptors (Lipinski definition) is 3. The van der Waals surface area contributed by atoms with E-state index < -0.39 is 0 Å². The summed E-state index contributed by atoms with van der Waals surface area (Å²) in [5.74, 6) is 0. The largest absolute Gasteiger partial charge is 0.384 e. The van der Waals surface area contributed by atoms with Crippen LogP contribution < -0.4 is 5.32 Å². The molecule has 0 aromatic heterocycles. The van der Waals surface area contributed by atoms with Crippen molar-refractivity contribution in [3.63, 3.8) is 0 Å². The lowest BCUT2D eigenvalue weighted by Crippen LogP contribution is -2.54. The molecule has 1 aromatic carbocycles. The van der Waals surface area contributed by atoms with Gasteiger partial charge in [-0.05, 0) is 26.0 Å². The molecule has 17 heavy (non-hydrogen) atoms. The van der Waals surface area contributed by atoms with Crippen LogP contribution in [-0.2, 0) is 4.74 Å². The SMILES string of the molecule is CC1(C)COCCN1CCNc1ccccc1. The van der Waals surface area contributed by atoms with Gasteiger partial charge in [0.1, 0.15) is 0 Å². The van der Waals surface area contributed by atoms with Crippen LogP contribution in [0, 0.1) is 0 Å². The molecule has 0 saturated carbocycles. The topological polar surface area (TPSA) is 24.5 Å². The molecule has 0 aliphatic carbocycles. The first-order valence-corrected chi connectivity index (χ1v) is 6.30. The first-order valence-electron chi connectivity index (χ1n) is 6.30. The normalized spacial score (nSPS) is 20.1. The van der Waals surface area contributed by atoms with Gasteiger partial charge in [-0.25, -0.2) is 0 Å². The van der Waals surface area contributed by atoms with Crippen LogP contribution in [0.3, 0.4) is 0 Å². The molecule has 94 valence electrons. The van der Waals surface area contributed by atoms with Gasteiger partial charge in [-0.2, -0.15) is 0 Å². The van der Waals surface area contributed by atoms with Gasteiger partial charge in [0.25, 0.3) is 0 Å². The second-order valence-electron chi connectivity index (χ2n) is 5.14. The van der Waals surface area contributed by atoms with Gasteiger partial charge >= 0.3 is 0 Å². The minimum Gasteiger partial charge on any atom is -0.384 e. The number of para-hydroxylation sites is 1. The average molecular weight is 234 g/mol. The maximum Gasteiger partial charge on any atom is 0.0645 e. The van der Waals surface area contributed by atoms with Crippen LogP contribution in [0.1, 0.15) is 13.8 Å². The molecular weight excluding hydrogens is 212 g/mol. The van der Waals surface area contributed by atoms with Crippen LogP contribution in [0.4, 0.5) is 5.69 Å². The highest BCUT2D eigenvalue weighted by molar-refractivity contribution is 5.42. The molecule has 0 bridgehead atoms. The Morgan fingerprint density at radius 3 is 2.76 bits per heavy atom. The number of anilines is 1. The Morgan fingerprint density at radius 2 is 2.06 bits per heavy atom. The van der Waals surface area contributed by atoms with E-state index in [1.54, 1.807) is 0 Å². The lowest BCUT2D eigenvalue weighted by Gasteiger charge is -2.42. The monoisotopic (exact) mass is 234 g/mol. The van der Waals surface area contributed by atoms with Crippen LogP contribution in [-0.4, -0.2) is 43.3 Å². The Hall–Kier alpha value is -1.06. The maximum atomic E-state index is 5.52. The smallest absolute Gasteiger partial charge is 0.0645 e. The third-order valence-corrected chi connectivity index (χ3v) is 3.30. The maximum absolute atomic E-state index is 5.52. The third-order valence-electron chi connectivity index (χ3n) is 3.30. The van der Waals surface area contributed by atoms with Crippen molar-refractivity contribution >= 4 is 5.69 Å². The summed E-state index contributed by atoms with van der Waals surface area (Å²) in [5.41, 5.74) is 1.36. The molecule has 2 rings (SSSR count). The summed E-state index contributed by atoms with van der Waals surface area (Å²) in [6.45, 7) is 9.25. The number of rotatable bonds is 4. The van der Waals surface area contributed by atoms with Gasteiger partial charge in [-0.1, -0.05) is 18.2 Å². The predicted molar refractivity (Wildman–Crippen MR) is 71.4 cm³/mol. The zero-order valence-electron chi connectivity index (χ0n) is 10.8. The third kappa shape index (κ3) is 3.45. The van der Waals surface area contributed by atoms with E-state index in [4.69, 9.17) is 4.74 Å². The molecule has 1 N–H and O–H groups in total. The number of benzene rings is 1. The minimum absolute atomic E-state index is 0.163. The lowest BCUT2D eigenvalue weighted by atomic mass is 10.0. The van der Waals surface area contributed by atoms with Crippen LogP contribution >= 0.6 is 0 Å². The molecule has 0 amide bonds. The molecule has 0 unspecified atom stereocenters. The van der Waals surface area contributed by atoms with Crippen molar-refractivity contribution in [2.45, 2.75) is 19.4 Å². The van der Waals surface area contributed by atoms with E-state index in [0.29, 0.717) is 0 Å². The van der Waals surface area contributed by atoms with E-state index >= 15 is 0 Å². The molecule has 0 spiro atoms. The second kappa shape index (κ2) is 5.52. The Labute approximate surface area is 104 Å². The molecule has 0 radical (unpaired) electrons. The Morgan fingerprint density at radius 1 is 1.29 bits per heavy atom. The molecule has 1 aliphatic heterocycles. The van der Waals surface area contributed by atoms with Crippen LogP contribution in [0.2, 0.25) is 0 Å². The summed E-state index contributed by atoms with van der Waals surface area (Å²) >= 11 is 0. The van der Waals surface area contributed by atoms with Gasteiger partial charge in [0, 0.05) is 30.9 Å². The van der Waals surface area contributed by atoms with E-state index in [-0.39, 0.29) is 5.54 Å². The summed E-state index contributed by atoms with van der Waals surface area (Å²) in [5, 5.41) is 3.45. The van der Waals surface area contributed by atoms with Crippen LogP contribution in [0.25, 0.3) is 0 Å². The van der Waals surface area contributed by atoms with E-state index in [1.165, 1.54) is 5.69 Å². The van der Waals surface area contributed by atoms with Gasteiger partial charge in [-0.15, -0.1) is 0 Å². The van der Waals surface area contributed by atoms with Gasteiger partial charge in [0.2, 0.25) is 0 Å². The molecule has 1 aromatic rings. The second-order valence-corrected chi connectivity index (χ2v) is 5.14. The standard InChI is InChI=1S/C14H22N2O/c1-14(2)12-17-11-10-16(14)9-8-15-13-6-4-3-5-7-13/h3-7,15H,8-12H2,1-2H3. The van der Waals surface area contributed by atoms with Crippen molar-refractivity contribution in [1.29, 1.82) is 0 Å². The van der Waals surface area contributed by atoms with Crippen molar-refractivity contribution in [1.82, 2.24) is 4.90 Å². The zero-order chi connectivity index (χ0) is 12.1. The summed E-state index contributed by atoms with van der Waals surface area (Å²) in [6.07, 6.45) is 0. The molecule has 1 fully saturated rings. The molecular formula is C14H22N2O. The van der Waals surface area contributed by atoms with Crippen molar-refractivity contribution in [2.75, 3.05) is 38.2 Å². The summed E-state index contributed by atoms with van der Waals surface area (Å²) in [6, 6.07) is 10.4. The average Bonchev–Trinajstić information content (AvgIpc) is 2.32. The highest BCUT2D eigenvalue weighted by Crippen LogP contribution is 2.18. The highest BCUT2D eigenvalue weighted by Gasteiger charge is 2.29. The fourth-order valence-corrected chi connectivity index (χ4v) is 2.20. The van der Waals surface area contributed by atoms with Crippen molar-refractivity contribution in [3.8, 4) is 0 Å². The first-order chi connectivity index (χ1) is 8.18. The Balaban J connectivity index is 1.78. The van der Waals surface area contributed by atoms with E-state index in [2.05, 4.69) is 48.3 Å². The number of morpholine rings is 1. The van der Waals surface area contributed by atoms with Gasteiger partial charge in [-0.3, -0.25) is 4.90 Å². The summed E-state index contributed by atoms with van der Waals surface area (Å²) in [4.78, 5) is 2.49. The van der Waals surface area contributed by atoms with E-state index in [0.717, 1.165) is 32.8 Å². The van der Waals surface area contributed by atoms with Crippen LogP contribution in [0.15, 0.2) is 30.3 Å². The summed E-state index contributed by atoms with van der Waals surface area (Å²) in [7, 11) is 0. The highest BCUT2D eigenvalue weighted by atomic mass is 16.5. The van der Waals surface area contributed by atoms with Gasteiger partial charge in [0.15, 0.2) is 0 Å². The fraction of sp³-hybridized carbons (Fsp3) is 0.571. The number of hydrogen-bond donors (Lipinski definition) is 1. The molecule has 1 aliphatic rings. The van der Waals surface area contributed by atoms with E-state index in [9.17, 15) is 0 Å². The first kappa shape index (κ1) is 12.4. The summed E-state index contributed by atoms with van der Waals surface area (Å²) < 4.78 is 5.52. The number of nitrogens with zero attached hydrogens (tertiary/aromatic N) is 1. The quantitative estimate of drug-likeness (QED) is 0.864. The van der Waals surface area contributed by atoms with Crippen LogP contribution in [0.5, 0.6) is 0 Å². The number of nitrogens with one attached hydrogen (secondary N) is 1. The predicted octanol–water partition coefficient (Wildman–Crippen LogP) is 2.21. The zero-order valence-corrected chi connectivity index (χ0v) is 10.8. The minimum atomic E-state index is 0.163. The molecule has 3 nitrogen and oxygen atoms in total. The molecule has 0 atom stereocenters. The lowest BCUT2D eigenvalue weighted by molar-refractivity contribution is -0.0487. The van der Waals surface area contributed by atoms with Crippen molar-refractivity contribution in [2.24, 2.45) is 0 Å². The molecule has 1 heterocycles. The molecule has 1 saturated heterocycles. The van der Waals surface area contributed by atoms with Crippen molar-refractivity contribution < 1.29 is 4.74 Å². The molecule has 3 heteroatoms. The Kier molecular flexibility index (Phi) is 4.02. The fourth-order valence-electron chi connectivity index (χ4n) is 2.20. The van der Waals surface area contributed by atoms with E-state index in [1.807, 2.05) is 6.07 Å². The van der Waals surface area contributed by atoms with Gasteiger partial charge in [0.05, 0.1) is 13.2 Å². The number of ether oxygens (including phenoxy) is 1. The van der Waals surface area contributed by atoms with Gasteiger partial charge < -0.3 is 10.1 Å².